The van der Waals surface area contributed by atoms with Crippen molar-refractivity contribution in [1.82, 2.24) is 0 Å². The molecule has 2 saturated heterocycles. The Hall–Kier alpha value is -4.02. The molecule has 4 atom stereocenters. The highest BCUT2D eigenvalue weighted by Crippen LogP contribution is 2.57. The van der Waals surface area contributed by atoms with Gasteiger partial charge in [0.15, 0.2) is 5.69 Å². The number of benzene rings is 3. The minimum atomic E-state index is -2.20. The number of carbonyl (C=O) groups is 4. The molecule has 2 amide bonds. The van der Waals surface area contributed by atoms with E-state index in [0.717, 1.165) is 4.90 Å². The molecule has 0 saturated carbocycles. The lowest BCUT2D eigenvalue weighted by atomic mass is 9.77. The van der Waals surface area contributed by atoms with Gasteiger partial charge in [0.05, 0.1) is 17.9 Å². The summed E-state index contributed by atoms with van der Waals surface area (Å²) in [4.78, 5) is 55.9. The van der Waals surface area contributed by atoms with Crippen LogP contribution < -0.4 is 10.1 Å². The molecule has 3 aliphatic rings. The van der Waals surface area contributed by atoms with Crippen molar-refractivity contribution in [2.24, 2.45) is 11.8 Å². The highest BCUT2D eigenvalue weighted by Gasteiger charge is 2.75. The first-order valence-electron chi connectivity index (χ1n) is 11.0. The SMILES string of the molecule is O=C1C2C(c3ccccc3)OC3(C(=O)c4ccccc4C3=O)C2C(=O)N1c1ccccc1[NH+]([O-])O. The summed E-state index contributed by atoms with van der Waals surface area (Å²) in [5.41, 5.74) is -1.75. The largest absolute Gasteiger partial charge is 0.595 e. The van der Waals surface area contributed by atoms with Gasteiger partial charge in [-0.25, -0.2) is 10.1 Å². The fraction of sp³-hybridized carbons (Fsp3) is 0.154. The Morgan fingerprint density at radius 3 is 2.00 bits per heavy atom. The molecule has 9 heteroatoms. The molecule has 6 rings (SSSR count). The van der Waals surface area contributed by atoms with E-state index in [4.69, 9.17) is 4.74 Å². The second-order valence-corrected chi connectivity index (χ2v) is 8.73. The van der Waals surface area contributed by atoms with Crippen molar-refractivity contribution in [2.45, 2.75) is 11.7 Å². The average Bonchev–Trinajstić information content (AvgIpc) is 3.44. The second-order valence-electron chi connectivity index (χ2n) is 8.73. The second kappa shape index (κ2) is 7.49. The minimum Gasteiger partial charge on any atom is -0.595 e. The Labute approximate surface area is 198 Å². The first-order valence-corrected chi connectivity index (χ1v) is 11.0. The number of nitrogens with one attached hydrogen (secondary N) is 1. The van der Waals surface area contributed by atoms with Crippen LogP contribution >= 0.6 is 0 Å². The Balaban J connectivity index is 1.56. The van der Waals surface area contributed by atoms with Crippen molar-refractivity contribution in [3.63, 3.8) is 0 Å². The number of para-hydroxylation sites is 2. The molecule has 2 N–H and O–H groups in total. The van der Waals surface area contributed by atoms with Crippen molar-refractivity contribution in [3.05, 3.63) is 101 Å². The van der Waals surface area contributed by atoms with E-state index in [1.54, 1.807) is 42.5 Å². The maximum Gasteiger partial charge on any atom is 0.241 e. The number of amides is 2. The number of ether oxygens (including phenoxy) is 1. The number of carbonyl (C=O) groups excluding carboxylic acids is 4. The van der Waals surface area contributed by atoms with Crippen LogP contribution in [0.3, 0.4) is 0 Å². The number of hydrogen-bond acceptors (Lipinski definition) is 7. The molecule has 2 heterocycles. The van der Waals surface area contributed by atoms with Crippen LogP contribution in [-0.4, -0.2) is 34.2 Å². The number of nitrogens with zero attached hydrogens (tertiary/aromatic N) is 1. The zero-order chi connectivity index (χ0) is 24.5. The van der Waals surface area contributed by atoms with Crippen LogP contribution in [0.1, 0.15) is 32.4 Å². The Kier molecular flexibility index (Phi) is 4.60. The predicted octanol–water partition coefficient (Wildman–Crippen LogP) is 1.79. The highest BCUT2D eigenvalue weighted by atomic mass is 16.8. The van der Waals surface area contributed by atoms with Crippen LogP contribution in [0, 0.1) is 17.0 Å². The summed E-state index contributed by atoms with van der Waals surface area (Å²) in [5.74, 6) is -5.50. The number of imide groups is 1. The topological polar surface area (TPSA) is 128 Å². The minimum absolute atomic E-state index is 0.109. The Morgan fingerprint density at radius 1 is 0.800 bits per heavy atom. The summed E-state index contributed by atoms with van der Waals surface area (Å²) in [5, 5.41) is 20.2. The van der Waals surface area contributed by atoms with Gasteiger partial charge in [-0.15, -0.1) is 0 Å². The van der Waals surface area contributed by atoms with Crippen LogP contribution in [0.25, 0.3) is 0 Å². The van der Waals surface area contributed by atoms with E-state index < -0.39 is 52.1 Å². The number of fused-ring (bicyclic) bond motifs is 3. The molecule has 35 heavy (non-hydrogen) atoms. The van der Waals surface area contributed by atoms with Crippen molar-refractivity contribution in [2.75, 3.05) is 4.90 Å². The average molecular weight is 470 g/mol. The molecular weight excluding hydrogens is 452 g/mol. The van der Waals surface area contributed by atoms with E-state index in [1.807, 2.05) is 0 Å². The van der Waals surface area contributed by atoms with Gasteiger partial charge in [-0.05, 0) is 11.6 Å². The summed E-state index contributed by atoms with van der Waals surface area (Å²) in [6, 6.07) is 20.5. The van der Waals surface area contributed by atoms with E-state index in [2.05, 4.69) is 0 Å². The first kappa shape index (κ1) is 21.5. The molecule has 1 spiro atoms. The third-order valence-electron chi connectivity index (χ3n) is 7.02. The standard InChI is InChI=1S/C26H18N2O7/c29-22-15-10-4-5-11-16(15)23(30)26(22)20-19(21(35-26)14-8-2-1-3-9-14)24(31)27(25(20)32)17-12-6-7-13-18(17)28(33)34/h1-13,19-21,28,33H. The number of anilines is 1. The van der Waals surface area contributed by atoms with Gasteiger partial charge in [-0.1, -0.05) is 66.7 Å². The summed E-state index contributed by atoms with van der Waals surface area (Å²) in [6.07, 6.45) is -1.05. The van der Waals surface area contributed by atoms with Gasteiger partial charge in [0.25, 0.3) is 0 Å². The van der Waals surface area contributed by atoms with E-state index in [1.165, 1.54) is 36.4 Å². The fourth-order valence-electron chi connectivity index (χ4n) is 5.55. The van der Waals surface area contributed by atoms with E-state index in [9.17, 15) is 29.6 Å². The lowest BCUT2D eigenvalue weighted by molar-refractivity contribution is -0.990. The fourth-order valence-corrected chi connectivity index (χ4v) is 5.55. The van der Waals surface area contributed by atoms with Gasteiger partial charge in [-0.2, -0.15) is 5.23 Å². The molecule has 3 aromatic carbocycles. The summed E-state index contributed by atoms with van der Waals surface area (Å²) in [6.45, 7) is 0. The zero-order valence-electron chi connectivity index (χ0n) is 18.1. The maximum absolute atomic E-state index is 13.9. The van der Waals surface area contributed by atoms with E-state index >= 15 is 0 Å². The molecule has 174 valence electrons. The number of rotatable bonds is 3. The summed E-state index contributed by atoms with van der Waals surface area (Å²) >= 11 is 0. The van der Waals surface area contributed by atoms with Gasteiger partial charge in [-0.3, -0.25) is 19.2 Å². The third-order valence-corrected chi connectivity index (χ3v) is 7.02. The first-order chi connectivity index (χ1) is 16.9. The number of hydrogen-bond donors (Lipinski definition) is 2. The van der Waals surface area contributed by atoms with Crippen LogP contribution in [0.2, 0.25) is 0 Å². The maximum atomic E-state index is 13.9. The van der Waals surface area contributed by atoms with Crippen LogP contribution in [-0.2, 0) is 14.3 Å². The van der Waals surface area contributed by atoms with Crippen molar-refractivity contribution < 1.29 is 34.3 Å². The van der Waals surface area contributed by atoms with Gasteiger partial charge in [0.2, 0.25) is 29.0 Å². The molecule has 0 aromatic heterocycles. The number of ketones is 2. The molecule has 3 aromatic rings. The van der Waals surface area contributed by atoms with Crippen LogP contribution in [0.15, 0.2) is 78.9 Å². The third kappa shape index (κ3) is 2.71. The Bertz CT molecular complexity index is 1380. The van der Waals surface area contributed by atoms with E-state index in [-0.39, 0.29) is 22.5 Å². The molecule has 2 fully saturated rings. The number of quaternary nitrogens is 1. The van der Waals surface area contributed by atoms with Gasteiger partial charge >= 0.3 is 0 Å². The molecular formula is C26H18N2O7. The normalized spacial score (nSPS) is 25.3. The lowest BCUT2D eigenvalue weighted by Gasteiger charge is -2.28. The zero-order valence-corrected chi connectivity index (χ0v) is 18.1. The Morgan fingerprint density at radius 2 is 1.37 bits per heavy atom. The van der Waals surface area contributed by atoms with Crippen molar-refractivity contribution in [1.29, 1.82) is 0 Å². The van der Waals surface area contributed by atoms with Gasteiger partial charge < -0.3 is 9.94 Å². The number of Topliss-reactive ketones (excluding diaryl/α,β-unsaturated/α-hetero) is 2. The molecule has 0 bridgehead atoms. The highest BCUT2D eigenvalue weighted by molar-refractivity contribution is 6.37. The summed E-state index contributed by atoms with van der Waals surface area (Å²) in [7, 11) is 0. The van der Waals surface area contributed by atoms with Gasteiger partial charge in [0, 0.05) is 17.2 Å². The quantitative estimate of drug-likeness (QED) is 0.339. The van der Waals surface area contributed by atoms with Gasteiger partial charge in [0.1, 0.15) is 5.69 Å². The van der Waals surface area contributed by atoms with Crippen LogP contribution in [0.5, 0.6) is 0 Å². The monoisotopic (exact) mass is 470 g/mol. The van der Waals surface area contributed by atoms with E-state index in [0.29, 0.717) is 5.56 Å². The predicted molar refractivity (Wildman–Crippen MR) is 120 cm³/mol. The summed E-state index contributed by atoms with van der Waals surface area (Å²) < 4.78 is 6.19. The molecule has 9 nitrogen and oxygen atoms in total. The van der Waals surface area contributed by atoms with Crippen molar-refractivity contribution in [3.8, 4) is 0 Å². The lowest BCUT2D eigenvalue weighted by Crippen LogP contribution is -2.99. The molecule has 4 unspecified atom stereocenters. The smallest absolute Gasteiger partial charge is 0.241 e. The van der Waals surface area contributed by atoms with Crippen molar-refractivity contribution >= 4 is 34.8 Å². The molecule has 1 aliphatic carbocycles. The molecule has 2 aliphatic heterocycles. The van der Waals surface area contributed by atoms with Crippen LogP contribution in [0.4, 0.5) is 11.4 Å². The molecule has 0 radical (unpaired) electrons.